The van der Waals surface area contributed by atoms with E-state index in [-0.39, 0.29) is 32.0 Å². The van der Waals surface area contributed by atoms with Crippen molar-refractivity contribution in [2.45, 2.75) is 26.3 Å². The Morgan fingerprint density at radius 3 is 2.35 bits per heavy atom. The molecule has 9 nitrogen and oxygen atoms in total. The van der Waals surface area contributed by atoms with Crippen molar-refractivity contribution in [2.75, 3.05) is 19.7 Å². The molecule has 3 amide bonds. The third-order valence-electron chi connectivity index (χ3n) is 3.60. The second kappa shape index (κ2) is 10.0. The molecule has 142 valence electrons. The fraction of sp³-hybridized carbons (Fsp3) is 0.412. The topological polar surface area (TPSA) is 139 Å². The minimum atomic E-state index is -1.14. The minimum absolute atomic E-state index is 0.0325. The van der Waals surface area contributed by atoms with Crippen molar-refractivity contribution in [1.29, 1.82) is 0 Å². The monoisotopic (exact) mass is 365 g/mol. The molecule has 1 aromatic rings. The molecule has 0 heterocycles. The molecule has 0 fully saturated rings. The van der Waals surface area contributed by atoms with E-state index in [0.29, 0.717) is 11.3 Å². The van der Waals surface area contributed by atoms with Gasteiger partial charge in [0.05, 0.1) is 13.0 Å². The maximum Gasteiger partial charge on any atom is 0.326 e. The summed E-state index contributed by atoms with van der Waals surface area (Å²) >= 11 is 0. The molecule has 0 bridgehead atoms. The molecule has 0 aromatic heterocycles. The van der Waals surface area contributed by atoms with Gasteiger partial charge in [-0.15, -0.1) is 0 Å². The van der Waals surface area contributed by atoms with E-state index < -0.39 is 23.8 Å². The maximum absolute atomic E-state index is 12.3. The van der Waals surface area contributed by atoms with Crippen LogP contribution in [0.3, 0.4) is 0 Å². The van der Waals surface area contributed by atoms with Crippen molar-refractivity contribution in [2.24, 2.45) is 5.73 Å². The summed E-state index contributed by atoms with van der Waals surface area (Å²) in [6, 6.07) is 5.10. The molecule has 0 aliphatic heterocycles. The fourth-order valence-corrected chi connectivity index (χ4v) is 2.14. The Bertz CT molecular complexity index is 659. The molecule has 26 heavy (non-hydrogen) atoms. The van der Waals surface area contributed by atoms with Gasteiger partial charge < -0.3 is 25.8 Å². The molecular weight excluding hydrogens is 342 g/mol. The number of hydrogen-bond acceptors (Lipinski definition) is 5. The Labute approximate surface area is 151 Å². The number of nitrogens with one attached hydrogen (secondary N) is 1. The van der Waals surface area contributed by atoms with E-state index in [1.165, 1.54) is 30.9 Å². The van der Waals surface area contributed by atoms with Gasteiger partial charge in [0, 0.05) is 25.6 Å². The number of nitrogens with zero attached hydrogens (tertiary/aromatic N) is 1. The highest BCUT2D eigenvalue weighted by Gasteiger charge is 2.25. The van der Waals surface area contributed by atoms with Crippen LogP contribution in [0.5, 0.6) is 5.75 Å². The highest BCUT2D eigenvalue weighted by atomic mass is 16.5. The van der Waals surface area contributed by atoms with E-state index in [0.717, 1.165) is 0 Å². The number of amides is 3. The van der Waals surface area contributed by atoms with Crippen LogP contribution in [0.15, 0.2) is 24.3 Å². The summed E-state index contributed by atoms with van der Waals surface area (Å²) in [5, 5.41) is 11.7. The third kappa shape index (κ3) is 6.80. The van der Waals surface area contributed by atoms with Gasteiger partial charge >= 0.3 is 5.97 Å². The lowest BCUT2D eigenvalue weighted by molar-refractivity contribution is -0.149. The van der Waals surface area contributed by atoms with Gasteiger partial charge in [0.2, 0.25) is 17.7 Å². The molecule has 4 N–H and O–H groups in total. The Morgan fingerprint density at radius 1 is 1.23 bits per heavy atom. The Kier molecular flexibility index (Phi) is 8.07. The number of carboxylic acid groups (broad SMARTS) is 1. The lowest BCUT2D eigenvalue weighted by Gasteiger charge is -2.26. The molecule has 1 aromatic carbocycles. The Morgan fingerprint density at radius 2 is 1.85 bits per heavy atom. The van der Waals surface area contributed by atoms with Crippen LogP contribution in [0, 0.1) is 0 Å². The number of nitrogens with two attached hydrogens (primary N) is 1. The van der Waals surface area contributed by atoms with Gasteiger partial charge in [-0.3, -0.25) is 14.4 Å². The second-order valence-corrected chi connectivity index (χ2v) is 5.57. The first-order valence-corrected chi connectivity index (χ1v) is 8.01. The fourth-order valence-electron chi connectivity index (χ4n) is 2.14. The number of hydrogen-bond donors (Lipinski definition) is 3. The van der Waals surface area contributed by atoms with Crippen molar-refractivity contribution < 1.29 is 29.0 Å². The smallest absolute Gasteiger partial charge is 0.326 e. The number of rotatable bonds is 10. The predicted octanol–water partition coefficient (Wildman–Crippen LogP) is -0.00780. The standard InChI is InChI=1S/C17H23N3O6/c1-11(17(24)25)20(9-8-19-12(2)21)15(22)7-10-26-14-5-3-13(4-6-14)16(18)23/h3-6,11H,7-10H2,1-2H3,(H2,18,23)(H,19,21)(H,24,25). The number of benzene rings is 1. The van der Waals surface area contributed by atoms with Gasteiger partial charge in [0.15, 0.2) is 0 Å². The van der Waals surface area contributed by atoms with Gasteiger partial charge in [-0.05, 0) is 31.2 Å². The Balaban J connectivity index is 2.57. The third-order valence-corrected chi connectivity index (χ3v) is 3.60. The quantitative estimate of drug-likeness (QED) is 0.533. The summed E-state index contributed by atoms with van der Waals surface area (Å²) in [6.07, 6.45) is -0.0325. The van der Waals surface area contributed by atoms with Crippen molar-refractivity contribution in [3.8, 4) is 5.75 Å². The zero-order chi connectivity index (χ0) is 19.7. The van der Waals surface area contributed by atoms with Crippen molar-refractivity contribution in [3.63, 3.8) is 0 Å². The number of primary amides is 1. The van der Waals surface area contributed by atoms with Gasteiger partial charge in [-0.1, -0.05) is 0 Å². The van der Waals surface area contributed by atoms with Crippen molar-refractivity contribution >= 4 is 23.7 Å². The molecule has 0 saturated heterocycles. The average molecular weight is 365 g/mol. The summed E-state index contributed by atoms with van der Waals surface area (Å²) < 4.78 is 5.43. The van der Waals surface area contributed by atoms with E-state index in [1.54, 1.807) is 12.1 Å². The summed E-state index contributed by atoms with van der Waals surface area (Å²) in [7, 11) is 0. The zero-order valence-electron chi connectivity index (χ0n) is 14.7. The minimum Gasteiger partial charge on any atom is -0.493 e. The number of carboxylic acids is 1. The van der Waals surface area contributed by atoms with E-state index in [1.807, 2.05) is 0 Å². The van der Waals surface area contributed by atoms with Crippen LogP contribution in [0.25, 0.3) is 0 Å². The molecule has 1 unspecified atom stereocenters. The highest BCUT2D eigenvalue weighted by molar-refractivity contribution is 5.92. The molecule has 0 aliphatic carbocycles. The van der Waals surface area contributed by atoms with Crippen LogP contribution in [0.2, 0.25) is 0 Å². The van der Waals surface area contributed by atoms with Crippen LogP contribution in [-0.2, 0) is 14.4 Å². The van der Waals surface area contributed by atoms with Crippen LogP contribution < -0.4 is 15.8 Å². The van der Waals surface area contributed by atoms with Gasteiger partial charge in [0.25, 0.3) is 0 Å². The predicted molar refractivity (Wildman–Crippen MR) is 92.6 cm³/mol. The van der Waals surface area contributed by atoms with Crippen LogP contribution in [0.4, 0.5) is 0 Å². The molecule has 0 saturated carbocycles. The number of aliphatic carboxylic acids is 1. The van der Waals surface area contributed by atoms with Gasteiger partial charge in [0.1, 0.15) is 11.8 Å². The maximum atomic E-state index is 12.3. The summed E-state index contributed by atoms with van der Waals surface area (Å²) in [5.41, 5.74) is 5.48. The lowest BCUT2D eigenvalue weighted by atomic mass is 10.2. The molecule has 0 aliphatic rings. The average Bonchev–Trinajstić information content (AvgIpc) is 2.58. The van der Waals surface area contributed by atoms with E-state index in [2.05, 4.69) is 5.32 Å². The van der Waals surface area contributed by atoms with Crippen LogP contribution in [0.1, 0.15) is 30.6 Å². The lowest BCUT2D eigenvalue weighted by Crippen LogP contribution is -2.47. The van der Waals surface area contributed by atoms with Crippen LogP contribution >= 0.6 is 0 Å². The largest absolute Gasteiger partial charge is 0.493 e. The molecule has 0 spiro atoms. The molecule has 9 heteroatoms. The highest BCUT2D eigenvalue weighted by Crippen LogP contribution is 2.12. The van der Waals surface area contributed by atoms with Crippen molar-refractivity contribution in [1.82, 2.24) is 10.2 Å². The number of carbonyl (C=O) groups excluding carboxylic acids is 3. The SMILES string of the molecule is CC(=O)NCCN(C(=O)CCOc1ccc(C(N)=O)cc1)C(C)C(=O)O. The van der Waals surface area contributed by atoms with Crippen molar-refractivity contribution in [3.05, 3.63) is 29.8 Å². The first-order chi connectivity index (χ1) is 12.2. The summed E-state index contributed by atoms with van der Waals surface area (Å²) in [4.78, 5) is 46.6. The molecule has 0 radical (unpaired) electrons. The summed E-state index contributed by atoms with van der Waals surface area (Å²) in [5.74, 6) is -1.89. The normalized spacial score (nSPS) is 11.3. The molecular formula is C17H23N3O6. The number of ether oxygens (including phenoxy) is 1. The second-order valence-electron chi connectivity index (χ2n) is 5.57. The number of carbonyl (C=O) groups is 4. The molecule has 1 atom stereocenters. The van der Waals surface area contributed by atoms with Gasteiger partial charge in [-0.25, -0.2) is 4.79 Å². The first-order valence-electron chi connectivity index (χ1n) is 8.01. The van der Waals surface area contributed by atoms with Crippen LogP contribution in [-0.4, -0.2) is 59.4 Å². The Hall–Kier alpha value is -3.10. The van der Waals surface area contributed by atoms with E-state index >= 15 is 0 Å². The molecule has 1 rings (SSSR count). The first kappa shape index (κ1) is 20.9. The van der Waals surface area contributed by atoms with E-state index in [4.69, 9.17) is 15.6 Å². The zero-order valence-corrected chi connectivity index (χ0v) is 14.7. The van der Waals surface area contributed by atoms with Gasteiger partial charge in [-0.2, -0.15) is 0 Å². The summed E-state index contributed by atoms with van der Waals surface area (Å²) in [6.45, 7) is 3.02. The van der Waals surface area contributed by atoms with E-state index in [9.17, 15) is 19.2 Å².